The van der Waals surface area contributed by atoms with Crippen LogP contribution in [0.4, 0.5) is 0 Å². The van der Waals surface area contributed by atoms with Crippen molar-refractivity contribution in [2.75, 3.05) is 13.2 Å². The quantitative estimate of drug-likeness (QED) is 0.0210. The molecule has 0 aliphatic carbocycles. The number of primary amides is 2. The van der Waals surface area contributed by atoms with Crippen molar-refractivity contribution in [3.05, 3.63) is 95.8 Å². The van der Waals surface area contributed by atoms with Gasteiger partial charge in [0.25, 0.3) is 23.4 Å². The van der Waals surface area contributed by atoms with Gasteiger partial charge >= 0.3 is 35.5 Å². The SMILES string of the molecule is C#C.CC.CC.CC.CC.CC.CC.CC.CC.CC.CC.CC.CC.CC.CC.CCC.CCC.CCC(C)C.CCCC.Cc1c(C(=O)C(N)=O)c2c(OCC(=O)O)cccc2n1C(=O)C(C)CC(C)CC(C)SC(=S)n1cccn1.Cc1c(C(=O)C(N)=O)c2c(OCC(=O)[O-])cccc2n1C(=O)C(C)SC(=S)n1cccn1.[Na+]. The van der Waals surface area contributed by atoms with Crippen molar-refractivity contribution in [1.29, 1.82) is 0 Å². The molecule has 20 nitrogen and oxygen atoms in total. The molecule has 0 saturated heterocycles. The molecular weight excluding hydrogens is 1550 g/mol. The van der Waals surface area contributed by atoms with Gasteiger partial charge in [-0.2, -0.15) is 10.2 Å². The van der Waals surface area contributed by atoms with Crippen LogP contribution < -0.4 is 55.6 Å². The van der Waals surface area contributed by atoms with E-state index in [9.17, 15) is 43.5 Å². The fraction of sp³-hybridized carbons (Fsp3) is 0.626. The topological polar surface area (TPSA) is 296 Å². The molecule has 6 aromatic rings. The Hall–Kier alpha value is -6.46. The van der Waals surface area contributed by atoms with Crippen molar-refractivity contribution >= 4 is 126 Å². The summed E-state index contributed by atoms with van der Waals surface area (Å²) in [6, 6.07) is 12.7. The number of benzene rings is 2. The van der Waals surface area contributed by atoms with Crippen molar-refractivity contribution in [2.45, 2.75) is 353 Å². The third kappa shape index (κ3) is 65.5. The summed E-state index contributed by atoms with van der Waals surface area (Å²) in [6.07, 6.45) is 22.5. The Morgan fingerprint density at radius 3 is 1.04 bits per heavy atom. The number of amides is 2. The van der Waals surface area contributed by atoms with Gasteiger partial charge in [0.15, 0.2) is 15.2 Å². The first-order valence-electron chi connectivity index (χ1n) is 42.5. The van der Waals surface area contributed by atoms with Gasteiger partial charge in [-0.1, -0.05) is 369 Å². The van der Waals surface area contributed by atoms with Crippen LogP contribution >= 0.6 is 48.0 Å². The zero-order valence-electron chi connectivity index (χ0n) is 81.7. The average Bonchev–Trinajstić information content (AvgIpc) is 1.60. The van der Waals surface area contributed by atoms with Gasteiger partial charge in [-0.05, 0) is 81.8 Å². The van der Waals surface area contributed by atoms with E-state index in [2.05, 4.69) is 99.2 Å². The van der Waals surface area contributed by atoms with Gasteiger partial charge in [-0.15, -0.1) is 12.8 Å². The molecule has 0 fully saturated rings. The molecule has 6 rings (SSSR count). The number of terminal acetylenes is 1. The molecule has 4 atom stereocenters. The van der Waals surface area contributed by atoms with Crippen LogP contribution in [0, 0.1) is 44.4 Å². The van der Waals surface area contributed by atoms with E-state index in [0.29, 0.717) is 20.6 Å². The number of aromatic nitrogens is 6. The molecule has 116 heavy (non-hydrogen) atoms. The molecular formula is C91H171N8NaO12S4. The van der Waals surface area contributed by atoms with Gasteiger partial charge in [-0.25, -0.2) is 14.2 Å². The molecule has 25 heteroatoms. The van der Waals surface area contributed by atoms with Crippen LogP contribution in [0.3, 0.4) is 0 Å². The number of ether oxygens (including phenoxy) is 2. The second kappa shape index (κ2) is 109. The number of ketones is 2. The molecule has 2 amide bonds. The predicted molar refractivity (Wildman–Crippen MR) is 514 cm³/mol. The minimum atomic E-state index is -1.48. The number of rotatable bonds is 20. The summed E-state index contributed by atoms with van der Waals surface area (Å²) in [5, 5.41) is 27.9. The largest absolute Gasteiger partial charge is 1.00 e. The molecule has 0 aliphatic heterocycles. The van der Waals surface area contributed by atoms with Crippen molar-refractivity contribution in [2.24, 2.45) is 29.2 Å². The van der Waals surface area contributed by atoms with Crippen molar-refractivity contribution in [1.82, 2.24) is 28.7 Å². The van der Waals surface area contributed by atoms with Gasteiger partial charge in [0.1, 0.15) is 18.1 Å². The predicted octanol–water partition coefficient (Wildman–Crippen LogP) is 22.8. The Bertz CT molecular complexity index is 3250. The monoisotopic (exact) mass is 1720 g/mol. The smallest absolute Gasteiger partial charge is 0.546 e. The molecule has 4 heterocycles. The van der Waals surface area contributed by atoms with Crippen LogP contribution in [0.2, 0.25) is 0 Å². The Morgan fingerprint density at radius 2 is 0.784 bits per heavy atom. The number of carboxylic acids is 2. The first-order chi connectivity index (χ1) is 55.1. The number of fused-ring (bicyclic) bond motifs is 2. The maximum Gasteiger partial charge on any atom is 1.00 e. The molecule has 0 saturated carbocycles. The molecule has 0 radical (unpaired) electrons. The van der Waals surface area contributed by atoms with Gasteiger partial charge in [0.2, 0.25) is 11.8 Å². The van der Waals surface area contributed by atoms with E-state index in [0.717, 1.165) is 24.1 Å². The number of thioether (sulfide) groups is 2. The van der Waals surface area contributed by atoms with Crippen molar-refractivity contribution in [3.63, 3.8) is 0 Å². The Kier molecular flexibility index (Phi) is 138. The zero-order valence-corrected chi connectivity index (χ0v) is 87.0. The minimum absolute atomic E-state index is 0. The second-order valence-corrected chi connectivity index (χ2v) is 24.2. The van der Waals surface area contributed by atoms with Crippen molar-refractivity contribution in [3.8, 4) is 24.3 Å². The van der Waals surface area contributed by atoms with E-state index in [1.165, 1.54) is 71.0 Å². The molecule has 672 valence electrons. The number of carbonyl (C=O) groups is 8. The summed E-state index contributed by atoms with van der Waals surface area (Å²) in [7, 11) is 0. The van der Waals surface area contributed by atoms with Gasteiger partial charge in [0.05, 0.1) is 44.2 Å². The second-order valence-electron chi connectivity index (χ2n) is 20.1. The summed E-state index contributed by atoms with van der Waals surface area (Å²) >= 11 is 13.4. The summed E-state index contributed by atoms with van der Waals surface area (Å²) in [4.78, 5) is 97.8. The molecule has 0 bridgehead atoms. The number of hydrogen-bond donors (Lipinski definition) is 3. The summed E-state index contributed by atoms with van der Waals surface area (Å²) in [5.41, 5.74) is 11.3. The average molecular weight is 1720 g/mol. The molecule has 0 spiro atoms. The van der Waals surface area contributed by atoms with Crippen LogP contribution in [0.1, 0.15) is 371 Å². The third-order valence-electron chi connectivity index (χ3n) is 12.0. The van der Waals surface area contributed by atoms with E-state index >= 15 is 0 Å². The fourth-order valence-electron chi connectivity index (χ4n) is 7.80. The summed E-state index contributed by atoms with van der Waals surface area (Å²) < 4.78 is 17.4. The van der Waals surface area contributed by atoms with E-state index in [1.807, 2.05) is 207 Å². The standard InChI is InChI=1S/C26H30N4O6S2.C20H18N4O6S2.C5H12.C4H10.2C3H8.14C2H6.C2H2.Na/c1-14(12-16(3)38-26(37)29-10-6-9-28-29)11-15(2)25(35)30-17(4)21(23(33)24(27)34)22-18(30)7-5-8-19(22)36-13-20(31)32;1-10-15(17(27)18(21)28)16-12(5-3-6-13(16)30-9-14(25)26)24(10)19(29)11(2)32-20(31)23-8-4-7-22-23;1-4-5(2)3;1-3-4-2;2*1-3-2;15*1-2;/h5-10,14-16H,11-13H2,1-4H3,(H2,27,34)(H,31,32);3-8,11H,9H2,1-2H3,(H2,21,28)(H,25,26);5H,4H2,1-3H3;3-4H2,1-2H3;2*3H2,1-2H3;14*1-2H3;1-2H;/q;;;;;;;;;;;;;;;;;;;;;+1/p-1. The maximum atomic E-state index is 13.7. The van der Waals surface area contributed by atoms with Crippen LogP contribution in [0.25, 0.3) is 21.8 Å². The molecule has 5 N–H and O–H groups in total. The van der Waals surface area contributed by atoms with Crippen LogP contribution in [-0.4, -0.2) is 113 Å². The number of carbonyl (C=O) groups excluding carboxylic acids is 7. The van der Waals surface area contributed by atoms with E-state index in [4.69, 9.17) is 50.5 Å². The Balaban J connectivity index is -0.0000000820. The van der Waals surface area contributed by atoms with Gasteiger partial charge < -0.3 is 35.9 Å². The molecule has 4 unspecified atom stereocenters. The number of thiocarbonyl (C=S) groups is 2. The van der Waals surface area contributed by atoms with Crippen molar-refractivity contribution < 1.29 is 87.6 Å². The Morgan fingerprint density at radius 1 is 0.491 bits per heavy atom. The normalized spacial score (nSPS) is 9.43. The number of unbranched alkanes of at least 4 members (excludes halogenated alkanes) is 1. The van der Waals surface area contributed by atoms with Gasteiger partial charge in [-0.3, -0.25) is 37.9 Å². The number of hydrogen-bond acceptors (Lipinski definition) is 17. The van der Waals surface area contributed by atoms with E-state index < -0.39 is 65.6 Å². The first kappa shape index (κ1) is 147. The number of nitrogens with two attached hydrogens (primary N) is 2. The third-order valence-corrected chi connectivity index (χ3v) is 14.8. The minimum Gasteiger partial charge on any atom is -0.546 e. The maximum absolute atomic E-state index is 13.7. The van der Waals surface area contributed by atoms with E-state index in [1.54, 1.807) is 79.3 Å². The van der Waals surface area contributed by atoms with Gasteiger partial charge in [0, 0.05) is 47.3 Å². The fourth-order valence-corrected chi connectivity index (χ4v) is 10.7. The summed E-state index contributed by atoms with van der Waals surface area (Å²) in [6.45, 7) is 84.7. The number of aliphatic carboxylic acids is 2. The van der Waals surface area contributed by atoms with E-state index in [-0.39, 0.29) is 96.9 Å². The summed E-state index contributed by atoms with van der Waals surface area (Å²) in [5.74, 6) is -7.08. The van der Waals surface area contributed by atoms with Crippen LogP contribution in [0.5, 0.6) is 11.5 Å². The molecule has 2 aromatic carbocycles. The first-order valence-corrected chi connectivity index (χ1v) is 45.1. The number of Topliss-reactive ketones (excluding diaryl/α,β-unsaturated/α-hetero) is 2. The number of carboxylic acid groups (broad SMARTS) is 2. The Labute approximate surface area is 751 Å². The number of nitrogens with zero attached hydrogens (tertiary/aromatic N) is 6. The molecule has 0 aliphatic rings. The zero-order chi connectivity index (χ0) is 94.8. The van der Waals surface area contributed by atoms with Crippen LogP contribution in [-0.2, 0) is 19.2 Å². The van der Waals surface area contributed by atoms with Crippen LogP contribution in [0.15, 0.2) is 73.3 Å². The molecule has 4 aromatic heterocycles.